The summed E-state index contributed by atoms with van der Waals surface area (Å²) in [4.78, 5) is 58.9. The molecule has 18 heteroatoms. The van der Waals surface area contributed by atoms with Crippen molar-refractivity contribution in [2.45, 2.75) is 49.8 Å². The molecule has 312 valence electrons. The van der Waals surface area contributed by atoms with E-state index >= 15 is 4.79 Å². The van der Waals surface area contributed by atoms with Crippen LogP contribution in [0.3, 0.4) is 0 Å². The fourth-order valence-corrected chi connectivity index (χ4v) is 9.37. The predicted octanol–water partition coefficient (Wildman–Crippen LogP) is 8.83. The molecule has 2 heterocycles. The maximum absolute atomic E-state index is 15.2. The van der Waals surface area contributed by atoms with E-state index in [1.165, 1.54) is 18.2 Å². The summed E-state index contributed by atoms with van der Waals surface area (Å²) in [5.41, 5.74) is -2.70. The van der Waals surface area contributed by atoms with Crippen LogP contribution in [0.25, 0.3) is 0 Å². The number of fused-ring (bicyclic) bond motifs is 4. The fraction of sp³-hybridized carbons (Fsp3) is 0.286. The van der Waals surface area contributed by atoms with Gasteiger partial charge in [-0.15, -0.1) is 13.2 Å². The number of halogens is 9. The Morgan fingerprint density at radius 2 is 1.38 bits per heavy atom. The zero-order valence-electron chi connectivity index (χ0n) is 30.8. The molecule has 0 aromatic heterocycles. The van der Waals surface area contributed by atoms with Gasteiger partial charge < -0.3 is 9.84 Å². The summed E-state index contributed by atoms with van der Waals surface area (Å²) in [5.74, 6) is -12.7. The zero-order valence-corrected chi connectivity index (χ0v) is 30.8. The largest absolute Gasteiger partial charge is 0.573 e. The first-order valence-corrected chi connectivity index (χ1v) is 18.3. The summed E-state index contributed by atoms with van der Waals surface area (Å²) in [6.07, 6.45) is -15.2. The van der Waals surface area contributed by atoms with E-state index in [0.29, 0.717) is 0 Å². The van der Waals surface area contributed by atoms with Crippen LogP contribution in [0.15, 0.2) is 103 Å². The van der Waals surface area contributed by atoms with Crippen LogP contribution < -0.4 is 15.1 Å². The highest BCUT2D eigenvalue weighted by molar-refractivity contribution is 6.22. The van der Waals surface area contributed by atoms with Gasteiger partial charge in [0.15, 0.2) is 0 Å². The molecule has 0 spiro atoms. The van der Waals surface area contributed by atoms with Crippen LogP contribution in [-0.4, -0.2) is 40.1 Å². The third-order valence-electron chi connectivity index (χ3n) is 11.8. The van der Waals surface area contributed by atoms with Gasteiger partial charge in [0.25, 0.3) is 11.8 Å². The van der Waals surface area contributed by atoms with Crippen LogP contribution >= 0.6 is 0 Å². The summed E-state index contributed by atoms with van der Waals surface area (Å²) >= 11 is 0. The van der Waals surface area contributed by atoms with Crippen molar-refractivity contribution in [3.8, 4) is 11.5 Å². The van der Waals surface area contributed by atoms with Crippen molar-refractivity contribution < 1.29 is 68.5 Å². The Kier molecular flexibility index (Phi) is 9.35. The lowest BCUT2D eigenvalue weighted by molar-refractivity contribution is -0.274. The minimum absolute atomic E-state index is 0.122. The van der Waals surface area contributed by atoms with Crippen molar-refractivity contribution in [2.24, 2.45) is 23.7 Å². The molecule has 2 saturated heterocycles. The van der Waals surface area contributed by atoms with Gasteiger partial charge in [-0.05, 0) is 79.8 Å². The standard InChI is InChI=1S/C42H30F9N3O6/c1-20-7-9-24(10-8-20)52-54-36(57)31-19-29-27(12-13-28-33(29)37(58)53(35(28)56)25-16-22(40(43,44)45)15-23(17-25)41(46,47)48)34(39(31,38(54)59)21-5-3-2-4-6-21)30-18-26(11-14-32(30)55)60-42(49,50)51/h2-12,14-18,28-29,31,33-34,52,55H,13,19H2,1H3/t28-,29+,31-,33-,34+,39+/m0/s1. The van der Waals surface area contributed by atoms with Crippen LogP contribution in [0, 0.1) is 30.6 Å². The van der Waals surface area contributed by atoms with Crippen molar-refractivity contribution in [1.29, 1.82) is 0 Å². The van der Waals surface area contributed by atoms with Crippen LogP contribution in [0.2, 0.25) is 0 Å². The van der Waals surface area contributed by atoms with Gasteiger partial charge in [-0.2, -0.15) is 31.4 Å². The second-order valence-corrected chi connectivity index (χ2v) is 15.1. The number of rotatable bonds is 6. The molecular weight excluding hydrogens is 813 g/mol. The van der Waals surface area contributed by atoms with Crippen molar-refractivity contribution in [1.82, 2.24) is 5.01 Å². The van der Waals surface area contributed by atoms with Crippen molar-refractivity contribution in [3.05, 3.63) is 130 Å². The fourth-order valence-electron chi connectivity index (χ4n) is 9.37. The molecule has 1 saturated carbocycles. The number of amides is 4. The summed E-state index contributed by atoms with van der Waals surface area (Å²) in [5, 5.41) is 12.2. The topological polar surface area (TPSA) is 116 Å². The van der Waals surface area contributed by atoms with Gasteiger partial charge in [-0.1, -0.05) is 59.7 Å². The van der Waals surface area contributed by atoms with Crippen LogP contribution in [0.4, 0.5) is 50.9 Å². The Morgan fingerprint density at radius 3 is 1.98 bits per heavy atom. The van der Waals surface area contributed by atoms with Gasteiger partial charge in [0, 0.05) is 11.5 Å². The Hall–Kier alpha value is -6.33. The lowest BCUT2D eigenvalue weighted by Crippen LogP contribution is -2.53. The quantitative estimate of drug-likeness (QED) is 0.113. The molecule has 8 rings (SSSR count). The van der Waals surface area contributed by atoms with E-state index in [4.69, 9.17) is 0 Å². The van der Waals surface area contributed by atoms with Gasteiger partial charge in [-0.3, -0.25) is 24.6 Å². The van der Waals surface area contributed by atoms with Gasteiger partial charge >= 0.3 is 18.7 Å². The molecule has 4 amide bonds. The van der Waals surface area contributed by atoms with Crippen molar-refractivity contribution in [3.63, 3.8) is 0 Å². The van der Waals surface area contributed by atoms with E-state index in [2.05, 4.69) is 10.2 Å². The molecule has 0 unspecified atom stereocenters. The Labute approximate surface area is 334 Å². The normalized spacial score (nSPS) is 25.5. The third kappa shape index (κ3) is 6.52. The molecule has 2 N–H and O–H groups in total. The number of benzene rings is 4. The molecule has 3 fully saturated rings. The number of nitrogens with one attached hydrogen (secondary N) is 1. The first kappa shape index (κ1) is 40.4. The maximum atomic E-state index is 15.2. The second-order valence-electron chi connectivity index (χ2n) is 15.1. The summed E-state index contributed by atoms with van der Waals surface area (Å²) < 4.78 is 129. The average Bonchev–Trinajstić information content (AvgIpc) is 3.56. The summed E-state index contributed by atoms with van der Waals surface area (Å²) in [7, 11) is 0. The van der Waals surface area contributed by atoms with Crippen LogP contribution in [-0.2, 0) is 36.9 Å². The third-order valence-corrected chi connectivity index (χ3v) is 11.8. The number of anilines is 2. The lowest BCUT2D eigenvalue weighted by atomic mass is 9.49. The minimum Gasteiger partial charge on any atom is -0.508 e. The number of hydrogen-bond acceptors (Lipinski definition) is 7. The smallest absolute Gasteiger partial charge is 0.508 e. The number of hydrazine groups is 1. The highest BCUT2D eigenvalue weighted by atomic mass is 19.4. The number of imide groups is 2. The van der Waals surface area contributed by atoms with Crippen LogP contribution in [0.1, 0.15) is 46.6 Å². The first-order valence-electron chi connectivity index (χ1n) is 18.3. The van der Waals surface area contributed by atoms with E-state index in [1.54, 1.807) is 49.4 Å². The highest BCUT2D eigenvalue weighted by Crippen LogP contribution is 2.65. The van der Waals surface area contributed by atoms with E-state index in [-0.39, 0.29) is 51.9 Å². The molecule has 0 bridgehead atoms. The van der Waals surface area contributed by atoms with E-state index in [9.17, 15) is 59.0 Å². The molecular formula is C42H30F9N3O6. The van der Waals surface area contributed by atoms with Crippen molar-refractivity contribution in [2.75, 3.05) is 10.3 Å². The van der Waals surface area contributed by atoms with E-state index in [1.807, 2.05) is 0 Å². The number of carbonyl (C=O) groups is 4. The number of aryl methyl sites for hydroxylation is 1. The molecule has 2 aliphatic heterocycles. The number of phenolic OH excluding ortho intramolecular Hbond substituents is 1. The molecule has 4 aliphatic rings. The van der Waals surface area contributed by atoms with Gasteiger partial charge in [-0.25, -0.2) is 4.90 Å². The summed E-state index contributed by atoms with van der Waals surface area (Å²) in [6, 6.07) is 17.2. The molecule has 9 nitrogen and oxygen atoms in total. The number of alkyl halides is 9. The van der Waals surface area contributed by atoms with Crippen molar-refractivity contribution >= 4 is 35.0 Å². The number of phenols is 1. The number of aromatic hydroxyl groups is 1. The number of nitrogens with zero attached hydrogens (tertiary/aromatic N) is 2. The Morgan fingerprint density at radius 1 is 0.750 bits per heavy atom. The zero-order chi connectivity index (χ0) is 43.3. The maximum Gasteiger partial charge on any atom is 0.573 e. The minimum atomic E-state index is -5.32. The van der Waals surface area contributed by atoms with Gasteiger partial charge in [0.1, 0.15) is 11.5 Å². The monoisotopic (exact) mass is 843 g/mol. The average molecular weight is 844 g/mol. The van der Waals surface area contributed by atoms with Gasteiger partial charge in [0.05, 0.1) is 45.7 Å². The molecule has 0 radical (unpaired) electrons. The number of hydrogen-bond donors (Lipinski definition) is 2. The SMILES string of the molecule is Cc1ccc(NN2C(=O)[C@@H]3C[C@@H]4C(=CC[C@@H]5C(=O)N(c6cc(C(F)(F)F)cc(C(F)(F)F)c6)C(=O)[C@@H]54)[C@H](c4cc(OC(F)(F)F)ccc4O)[C@]3(c3ccccc3)C2=O)cc1. The molecule has 60 heavy (non-hydrogen) atoms. The summed E-state index contributed by atoms with van der Waals surface area (Å²) in [6.45, 7) is 1.80. The Balaban J connectivity index is 1.32. The molecule has 2 aliphatic carbocycles. The predicted molar refractivity (Wildman–Crippen MR) is 193 cm³/mol. The molecule has 6 atom stereocenters. The van der Waals surface area contributed by atoms with Crippen LogP contribution in [0.5, 0.6) is 11.5 Å². The van der Waals surface area contributed by atoms with E-state index < -0.39 is 112 Å². The molecule has 4 aromatic carbocycles. The number of allylic oxidation sites excluding steroid dienone is 2. The Bertz CT molecular complexity index is 2440. The first-order chi connectivity index (χ1) is 28.1. The number of ether oxygens (including phenoxy) is 1. The number of carbonyl (C=O) groups excluding carboxylic acids is 4. The highest BCUT2D eigenvalue weighted by Gasteiger charge is 2.71. The van der Waals surface area contributed by atoms with E-state index in [0.717, 1.165) is 28.8 Å². The van der Waals surface area contributed by atoms with Gasteiger partial charge in [0.2, 0.25) is 11.8 Å². The molecule has 4 aromatic rings. The second kappa shape index (κ2) is 13.9. The lowest BCUT2D eigenvalue weighted by Gasteiger charge is -2.50.